The lowest BCUT2D eigenvalue weighted by molar-refractivity contribution is -0.330. The van der Waals surface area contributed by atoms with Gasteiger partial charge < -0.3 is 35.2 Å². The number of rotatable bonds is 2. The minimum absolute atomic E-state index is 0.369. The summed E-state index contributed by atoms with van der Waals surface area (Å²) in [6.07, 6.45) is -5.44. The van der Waals surface area contributed by atoms with Crippen molar-refractivity contribution in [3.63, 3.8) is 0 Å². The fraction of sp³-hybridized carbons (Fsp3) is 0.875. The molecule has 8 nitrogen and oxygen atoms in total. The van der Waals surface area contributed by atoms with Gasteiger partial charge in [-0.05, 0) is 0 Å². The first kappa shape index (κ1) is 13.1. The van der Waals surface area contributed by atoms with Crippen molar-refractivity contribution < 1.29 is 34.7 Å². The van der Waals surface area contributed by atoms with Gasteiger partial charge in [-0.1, -0.05) is 0 Å². The van der Waals surface area contributed by atoms with Crippen LogP contribution in [0.4, 0.5) is 4.79 Å². The molecule has 1 amide bonds. The SMILES string of the molecule is CNC(=O)OCC1(O)OC[C@@H](O)C(O)C1O. The number of hydrogen-bond donors (Lipinski definition) is 5. The van der Waals surface area contributed by atoms with E-state index in [0.29, 0.717) is 0 Å². The smallest absolute Gasteiger partial charge is 0.407 e. The first-order chi connectivity index (χ1) is 7.40. The summed E-state index contributed by atoms with van der Waals surface area (Å²) in [5.41, 5.74) is 0. The maximum Gasteiger partial charge on any atom is 0.407 e. The Morgan fingerprint density at radius 3 is 2.75 bits per heavy atom. The summed E-state index contributed by atoms with van der Waals surface area (Å²) >= 11 is 0. The number of aliphatic hydroxyl groups excluding tert-OH is 3. The molecule has 5 N–H and O–H groups in total. The van der Waals surface area contributed by atoms with Crippen molar-refractivity contribution in [2.24, 2.45) is 0 Å². The number of hydrogen-bond acceptors (Lipinski definition) is 7. The second-order valence-electron chi connectivity index (χ2n) is 3.48. The molecule has 0 aromatic rings. The van der Waals surface area contributed by atoms with Crippen LogP contribution >= 0.6 is 0 Å². The molecule has 1 aliphatic rings. The molecule has 1 fully saturated rings. The van der Waals surface area contributed by atoms with Crippen molar-refractivity contribution in [3.05, 3.63) is 0 Å². The molecule has 1 rings (SSSR count). The van der Waals surface area contributed by atoms with Crippen LogP contribution in [0, 0.1) is 0 Å². The van der Waals surface area contributed by atoms with E-state index < -0.39 is 36.8 Å². The molecule has 1 saturated heterocycles. The largest absolute Gasteiger partial charge is 0.444 e. The third-order valence-electron chi connectivity index (χ3n) is 2.30. The molecule has 0 saturated carbocycles. The molecule has 0 radical (unpaired) electrons. The lowest BCUT2D eigenvalue weighted by Crippen LogP contribution is -2.63. The van der Waals surface area contributed by atoms with Gasteiger partial charge in [-0.25, -0.2) is 4.79 Å². The van der Waals surface area contributed by atoms with Gasteiger partial charge in [0.1, 0.15) is 24.9 Å². The van der Waals surface area contributed by atoms with Gasteiger partial charge in [0.25, 0.3) is 0 Å². The van der Waals surface area contributed by atoms with E-state index in [9.17, 15) is 20.1 Å². The van der Waals surface area contributed by atoms with Gasteiger partial charge in [-0.2, -0.15) is 0 Å². The summed E-state index contributed by atoms with van der Waals surface area (Å²) in [6.45, 7) is -1.02. The van der Waals surface area contributed by atoms with Crippen LogP contribution in [-0.2, 0) is 9.47 Å². The first-order valence-corrected chi connectivity index (χ1v) is 4.66. The van der Waals surface area contributed by atoms with Gasteiger partial charge >= 0.3 is 6.09 Å². The number of alkyl carbamates (subject to hydrolysis) is 1. The van der Waals surface area contributed by atoms with Crippen LogP contribution in [0.15, 0.2) is 0 Å². The highest BCUT2D eigenvalue weighted by Gasteiger charge is 2.49. The van der Waals surface area contributed by atoms with Gasteiger partial charge in [-0.3, -0.25) is 0 Å². The topological polar surface area (TPSA) is 128 Å². The number of aliphatic hydroxyl groups is 4. The molecular weight excluding hydrogens is 222 g/mol. The Balaban J connectivity index is 2.59. The standard InChI is InChI=1S/C8H15NO7/c1-9-7(13)15-3-8(14)6(12)5(11)4(10)2-16-8/h4-6,10-12,14H,2-3H2,1H3,(H,9,13)/t4-,5?,6?,8?/m1/s1. The van der Waals surface area contributed by atoms with E-state index in [4.69, 9.17) is 9.84 Å². The van der Waals surface area contributed by atoms with Gasteiger partial charge in [-0.15, -0.1) is 0 Å². The van der Waals surface area contributed by atoms with E-state index in [0.717, 1.165) is 0 Å². The lowest BCUT2D eigenvalue weighted by Gasteiger charge is -2.40. The second kappa shape index (κ2) is 4.93. The van der Waals surface area contributed by atoms with Crippen LogP contribution < -0.4 is 5.32 Å². The third kappa shape index (κ3) is 2.60. The Morgan fingerprint density at radius 1 is 1.56 bits per heavy atom. The van der Waals surface area contributed by atoms with E-state index in [2.05, 4.69) is 10.1 Å². The number of amides is 1. The van der Waals surface area contributed by atoms with Crippen molar-refractivity contribution in [1.82, 2.24) is 5.32 Å². The van der Waals surface area contributed by atoms with Crippen LogP contribution in [0.25, 0.3) is 0 Å². The molecule has 1 aliphatic heterocycles. The quantitative estimate of drug-likeness (QED) is 0.349. The van der Waals surface area contributed by atoms with E-state index in [1.165, 1.54) is 7.05 Å². The van der Waals surface area contributed by atoms with Crippen molar-refractivity contribution in [1.29, 1.82) is 0 Å². The van der Waals surface area contributed by atoms with Crippen LogP contribution in [0.3, 0.4) is 0 Å². The molecule has 1 heterocycles. The van der Waals surface area contributed by atoms with Gasteiger partial charge in [0.15, 0.2) is 0 Å². The second-order valence-corrected chi connectivity index (χ2v) is 3.48. The highest BCUT2D eigenvalue weighted by molar-refractivity contribution is 5.66. The molecular formula is C8H15NO7. The molecule has 0 aliphatic carbocycles. The van der Waals surface area contributed by atoms with Gasteiger partial charge in [0.2, 0.25) is 5.79 Å². The zero-order chi connectivity index (χ0) is 12.3. The third-order valence-corrected chi connectivity index (χ3v) is 2.30. The Bertz CT molecular complexity index is 261. The number of ether oxygens (including phenoxy) is 2. The molecule has 3 unspecified atom stereocenters. The minimum atomic E-state index is -2.22. The maximum atomic E-state index is 10.8. The van der Waals surface area contributed by atoms with E-state index in [1.54, 1.807) is 0 Å². The Hall–Kier alpha value is -0.930. The summed E-state index contributed by atoms with van der Waals surface area (Å²) in [6, 6.07) is 0. The molecule has 16 heavy (non-hydrogen) atoms. The van der Waals surface area contributed by atoms with E-state index >= 15 is 0 Å². The summed E-state index contributed by atoms with van der Waals surface area (Å²) in [5.74, 6) is -2.22. The van der Waals surface area contributed by atoms with Crippen LogP contribution in [0.1, 0.15) is 0 Å². The Labute approximate surface area is 91.4 Å². The predicted molar refractivity (Wildman–Crippen MR) is 49.3 cm³/mol. The fourth-order valence-corrected chi connectivity index (χ4v) is 1.26. The molecule has 4 atom stereocenters. The summed E-state index contributed by atoms with van der Waals surface area (Å²) in [4.78, 5) is 10.8. The summed E-state index contributed by atoms with van der Waals surface area (Å²) in [7, 11) is 1.32. The summed E-state index contributed by atoms with van der Waals surface area (Å²) < 4.78 is 9.26. The lowest BCUT2D eigenvalue weighted by atomic mass is 9.97. The molecule has 0 bridgehead atoms. The highest BCUT2D eigenvalue weighted by atomic mass is 16.7. The number of carbonyl (C=O) groups is 1. The molecule has 0 spiro atoms. The Morgan fingerprint density at radius 2 is 2.19 bits per heavy atom. The normalized spacial score (nSPS) is 39.2. The van der Waals surface area contributed by atoms with E-state index in [-0.39, 0.29) is 6.61 Å². The summed E-state index contributed by atoms with van der Waals surface area (Å²) in [5, 5.41) is 39.8. The van der Waals surface area contributed by atoms with Crippen molar-refractivity contribution >= 4 is 6.09 Å². The average Bonchev–Trinajstić information content (AvgIpc) is 2.29. The molecule has 94 valence electrons. The first-order valence-electron chi connectivity index (χ1n) is 4.66. The zero-order valence-corrected chi connectivity index (χ0v) is 8.66. The minimum Gasteiger partial charge on any atom is -0.444 e. The van der Waals surface area contributed by atoms with Gasteiger partial charge in [0, 0.05) is 7.05 Å². The maximum absolute atomic E-state index is 10.8. The van der Waals surface area contributed by atoms with Gasteiger partial charge in [0.05, 0.1) is 6.61 Å². The van der Waals surface area contributed by atoms with Crippen LogP contribution in [-0.4, -0.2) is 70.9 Å². The number of nitrogens with one attached hydrogen (secondary N) is 1. The van der Waals surface area contributed by atoms with E-state index in [1.807, 2.05) is 0 Å². The van der Waals surface area contributed by atoms with Crippen molar-refractivity contribution in [2.45, 2.75) is 24.1 Å². The fourth-order valence-electron chi connectivity index (χ4n) is 1.26. The van der Waals surface area contributed by atoms with Crippen molar-refractivity contribution in [3.8, 4) is 0 Å². The highest BCUT2D eigenvalue weighted by Crippen LogP contribution is 2.24. The predicted octanol–water partition coefficient (Wildman–Crippen LogP) is -2.86. The molecule has 0 aromatic carbocycles. The van der Waals surface area contributed by atoms with Crippen LogP contribution in [0.2, 0.25) is 0 Å². The Kier molecular flexibility index (Phi) is 4.05. The number of carbonyl (C=O) groups excluding carboxylic acids is 1. The zero-order valence-electron chi connectivity index (χ0n) is 8.66. The monoisotopic (exact) mass is 237 g/mol. The average molecular weight is 237 g/mol. The van der Waals surface area contributed by atoms with Crippen molar-refractivity contribution in [2.75, 3.05) is 20.3 Å². The van der Waals surface area contributed by atoms with Crippen LogP contribution in [0.5, 0.6) is 0 Å². The molecule has 0 aromatic heterocycles. The molecule has 8 heteroatoms.